The number of anilines is 2. The fraction of sp³-hybridized carbons (Fsp3) is 0.0526. The number of imidazole rings is 1. The second-order valence-electron chi connectivity index (χ2n) is 6.09. The van der Waals surface area contributed by atoms with Crippen molar-refractivity contribution in [2.45, 2.75) is 0 Å². The molecule has 0 aliphatic carbocycles. The number of aryl methyl sites for hydroxylation is 1. The van der Waals surface area contributed by atoms with Crippen LogP contribution in [0.1, 0.15) is 31.3 Å². The quantitative estimate of drug-likeness (QED) is 0.660. The van der Waals surface area contributed by atoms with Gasteiger partial charge in [0.1, 0.15) is 0 Å². The van der Waals surface area contributed by atoms with Gasteiger partial charge in [-0.25, -0.2) is 9.88 Å². The lowest BCUT2D eigenvalue weighted by Gasteiger charge is -2.16. The van der Waals surface area contributed by atoms with Crippen molar-refractivity contribution in [3.05, 3.63) is 75.8 Å². The summed E-state index contributed by atoms with van der Waals surface area (Å²) >= 11 is 12.4. The molecule has 0 saturated heterocycles. The summed E-state index contributed by atoms with van der Waals surface area (Å²) in [6.45, 7) is 0. The van der Waals surface area contributed by atoms with Crippen LogP contribution in [0.5, 0.6) is 0 Å². The molecule has 0 radical (unpaired) electrons. The molecule has 1 aliphatic heterocycles. The van der Waals surface area contributed by atoms with Crippen molar-refractivity contribution in [2.75, 3.05) is 10.2 Å². The zero-order chi connectivity index (χ0) is 20.0. The highest BCUT2D eigenvalue weighted by Gasteiger charge is 2.39. The highest BCUT2D eigenvalue weighted by molar-refractivity contribution is 6.44. The van der Waals surface area contributed by atoms with Crippen LogP contribution in [-0.2, 0) is 7.05 Å². The van der Waals surface area contributed by atoms with Gasteiger partial charge < -0.3 is 9.88 Å². The molecule has 9 heteroatoms. The van der Waals surface area contributed by atoms with Gasteiger partial charge >= 0.3 is 0 Å². The summed E-state index contributed by atoms with van der Waals surface area (Å²) in [5.74, 6) is -1.23. The van der Waals surface area contributed by atoms with Gasteiger partial charge in [-0.2, -0.15) is 0 Å². The first-order chi connectivity index (χ1) is 13.4. The minimum Gasteiger partial charge on any atom is -0.330 e. The minimum atomic E-state index is -0.544. The van der Waals surface area contributed by atoms with Gasteiger partial charge in [-0.05, 0) is 30.3 Å². The fourth-order valence-electron chi connectivity index (χ4n) is 3.00. The van der Waals surface area contributed by atoms with Gasteiger partial charge in [0.2, 0.25) is 0 Å². The minimum absolute atomic E-state index is 0.128. The van der Waals surface area contributed by atoms with Gasteiger partial charge in [0.25, 0.3) is 17.7 Å². The number of imide groups is 1. The molecule has 1 aliphatic rings. The van der Waals surface area contributed by atoms with Crippen molar-refractivity contribution < 1.29 is 14.4 Å². The summed E-state index contributed by atoms with van der Waals surface area (Å²) in [5.41, 5.74) is 0.980. The van der Waals surface area contributed by atoms with Crippen LogP contribution < -0.4 is 10.2 Å². The summed E-state index contributed by atoms with van der Waals surface area (Å²) in [6.07, 6.45) is 3.16. The number of rotatable bonds is 3. The number of carbonyl (C=O) groups excluding carboxylic acids is 3. The highest BCUT2D eigenvalue weighted by Crippen LogP contribution is 2.37. The van der Waals surface area contributed by atoms with Gasteiger partial charge in [-0.1, -0.05) is 29.3 Å². The third kappa shape index (κ3) is 2.85. The molecule has 7 nitrogen and oxygen atoms in total. The number of nitrogens with zero attached hydrogens (tertiary/aromatic N) is 3. The average molecular weight is 415 g/mol. The summed E-state index contributed by atoms with van der Waals surface area (Å²) in [5, 5.41) is 3.01. The Balaban J connectivity index is 1.63. The standard InChI is InChI=1S/C19H12Cl2N4O3/c1-24-8-7-22-16(24)17(26)23-10-5-6-14(13(21)9-10)25-18(27)11-3-2-4-12(20)15(11)19(25)28/h2-9H,1H3,(H,23,26). The van der Waals surface area contributed by atoms with E-state index >= 15 is 0 Å². The van der Waals surface area contributed by atoms with Crippen molar-refractivity contribution in [3.63, 3.8) is 0 Å². The number of halogens is 2. The smallest absolute Gasteiger partial charge is 0.291 e. The molecule has 0 bridgehead atoms. The van der Waals surface area contributed by atoms with E-state index in [1.54, 1.807) is 36.0 Å². The molecule has 3 amide bonds. The number of fused-ring (bicyclic) bond motifs is 1. The van der Waals surface area contributed by atoms with Crippen molar-refractivity contribution in [3.8, 4) is 0 Å². The van der Waals surface area contributed by atoms with Crippen LogP contribution in [0.2, 0.25) is 10.0 Å². The maximum Gasteiger partial charge on any atom is 0.291 e. The van der Waals surface area contributed by atoms with Crippen molar-refractivity contribution in [1.82, 2.24) is 9.55 Å². The zero-order valence-electron chi connectivity index (χ0n) is 14.4. The predicted octanol–water partition coefficient (Wildman–Crippen LogP) is 3.78. The monoisotopic (exact) mass is 414 g/mol. The second kappa shape index (κ2) is 6.78. The molecule has 0 saturated carbocycles. The lowest BCUT2D eigenvalue weighted by molar-refractivity contribution is 0.0924. The van der Waals surface area contributed by atoms with Crippen LogP contribution >= 0.6 is 23.2 Å². The molecule has 140 valence electrons. The lowest BCUT2D eigenvalue weighted by Crippen LogP contribution is -2.29. The third-order valence-electron chi connectivity index (χ3n) is 4.33. The average Bonchev–Trinajstić information content (AvgIpc) is 3.18. The molecule has 0 unspecified atom stereocenters. The van der Waals surface area contributed by atoms with E-state index in [9.17, 15) is 14.4 Å². The number of carbonyl (C=O) groups is 3. The summed E-state index contributed by atoms with van der Waals surface area (Å²) < 4.78 is 1.58. The summed E-state index contributed by atoms with van der Waals surface area (Å²) in [6, 6.07) is 9.19. The number of hydrogen-bond donors (Lipinski definition) is 1. The topological polar surface area (TPSA) is 84.3 Å². The van der Waals surface area contributed by atoms with E-state index in [2.05, 4.69) is 10.3 Å². The molecule has 0 fully saturated rings. The van der Waals surface area contributed by atoms with Gasteiger partial charge in [-0.15, -0.1) is 0 Å². The Labute approximate surface area is 169 Å². The van der Waals surface area contributed by atoms with E-state index in [0.717, 1.165) is 4.90 Å². The molecule has 0 atom stereocenters. The first-order valence-corrected chi connectivity index (χ1v) is 8.89. The number of nitrogens with one attached hydrogen (secondary N) is 1. The molecule has 1 N–H and O–H groups in total. The highest BCUT2D eigenvalue weighted by atomic mass is 35.5. The van der Waals surface area contributed by atoms with Gasteiger partial charge in [0, 0.05) is 25.1 Å². The van der Waals surface area contributed by atoms with Crippen molar-refractivity contribution in [2.24, 2.45) is 7.05 Å². The summed E-state index contributed by atoms with van der Waals surface area (Å²) in [4.78, 5) is 42.6. The SMILES string of the molecule is Cn1ccnc1C(=O)Nc1ccc(N2C(=O)c3cccc(Cl)c3C2=O)c(Cl)c1. The number of benzene rings is 2. The lowest BCUT2D eigenvalue weighted by atomic mass is 10.1. The van der Waals surface area contributed by atoms with Crippen LogP contribution in [0, 0.1) is 0 Å². The molecule has 4 rings (SSSR count). The molecule has 1 aromatic heterocycles. The number of amides is 3. The maximum atomic E-state index is 12.7. The fourth-order valence-corrected chi connectivity index (χ4v) is 3.52. The van der Waals surface area contributed by atoms with Crippen LogP contribution in [0.25, 0.3) is 0 Å². The number of aromatic nitrogens is 2. The molecule has 0 spiro atoms. The van der Waals surface area contributed by atoms with Gasteiger partial charge in [0.15, 0.2) is 5.82 Å². The van der Waals surface area contributed by atoms with Gasteiger partial charge in [0.05, 0.1) is 26.9 Å². The Hall–Kier alpha value is -3.16. The van der Waals surface area contributed by atoms with E-state index in [4.69, 9.17) is 23.2 Å². The van der Waals surface area contributed by atoms with Crippen LogP contribution in [0.4, 0.5) is 11.4 Å². The van der Waals surface area contributed by atoms with Crippen LogP contribution in [0.3, 0.4) is 0 Å². The molecule has 2 heterocycles. The first kappa shape index (κ1) is 18.2. The Bertz CT molecular complexity index is 1160. The largest absolute Gasteiger partial charge is 0.330 e. The molecule has 2 aromatic carbocycles. The van der Waals surface area contributed by atoms with E-state index in [1.807, 2.05) is 0 Å². The Kier molecular flexibility index (Phi) is 4.41. The maximum absolute atomic E-state index is 12.7. The van der Waals surface area contributed by atoms with E-state index in [1.165, 1.54) is 24.4 Å². The third-order valence-corrected chi connectivity index (χ3v) is 4.95. The van der Waals surface area contributed by atoms with Crippen molar-refractivity contribution in [1.29, 1.82) is 0 Å². The Morgan fingerprint density at radius 2 is 1.86 bits per heavy atom. The zero-order valence-corrected chi connectivity index (χ0v) is 16.0. The first-order valence-electron chi connectivity index (χ1n) is 8.14. The molecular weight excluding hydrogens is 403 g/mol. The predicted molar refractivity (Wildman–Crippen MR) is 105 cm³/mol. The molecular formula is C19H12Cl2N4O3. The normalized spacial score (nSPS) is 13.0. The summed E-state index contributed by atoms with van der Waals surface area (Å²) in [7, 11) is 1.70. The molecule has 28 heavy (non-hydrogen) atoms. The Morgan fingerprint density at radius 3 is 2.50 bits per heavy atom. The van der Waals surface area contributed by atoms with Crippen LogP contribution in [-0.4, -0.2) is 27.3 Å². The molecule has 3 aromatic rings. The number of hydrogen-bond acceptors (Lipinski definition) is 4. The Morgan fingerprint density at radius 1 is 1.07 bits per heavy atom. The van der Waals surface area contributed by atoms with Crippen LogP contribution in [0.15, 0.2) is 48.8 Å². The van der Waals surface area contributed by atoms with Crippen molar-refractivity contribution >= 4 is 52.3 Å². The van der Waals surface area contributed by atoms with Gasteiger partial charge in [-0.3, -0.25) is 14.4 Å². The second-order valence-corrected chi connectivity index (χ2v) is 6.90. The van der Waals surface area contributed by atoms with E-state index in [-0.39, 0.29) is 32.7 Å². The van der Waals surface area contributed by atoms with E-state index in [0.29, 0.717) is 5.69 Å². The van der Waals surface area contributed by atoms with E-state index < -0.39 is 17.7 Å².